The van der Waals surface area contributed by atoms with Gasteiger partial charge in [-0.2, -0.15) is 0 Å². The first-order valence-corrected chi connectivity index (χ1v) is 9.69. The van der Waals surface area contributed by atoms with Gasteiger partial charge in [0.25, 0.3) is 0 Å². The van der Waals surface area contributed by atoms with Gasteiger partial charge in [0.2, 0.25) is 5.91 Å². The SMILES string of the molecule is O=C(/C=C/c1ccc(-c2cc(Cl)cc(Cl)c2)o1)NC(=S)Nc1cc(Cl)ccc1O. The predicted octanol–water partition coefficient (Wildman–Crippen LogP) is 6.14. The number of amides is 1. The van der Waals surface area contributed by atoms with E-state index in [-0.39, 0.29) is 16.5 Å². The molecule has 29 heavy (non-hydrogen) atoms. The summed E-state index contributed by atoms with van der Waals surface area (Å²) in [6.07, 6.45) is 2.75. The van der Waals surface area contributed by atoms with Crippen LogP contribution in [-0.2, 0) is 4.79 Å². The molecule has 148 valence electrons. The number of carbonyl (C=O) groups is 1. The molecular formula is C20H13Cl3N2O3S. The van der Waals surface area contributed by atoms with Crippen molar-refractivity contribution in [1.29, 1.82) is 0 Å². The molecule has 0 spiro atoms. The molecule has 1 heterocycles. The number of rotatable bonds is 4. The van der Waals surface area contributed by atoms with Crippen LogP contribution in [0, 0.1) is 0 Å². The Bertz CT molecular complexity index is 1090. The zero-order valence-electron chi connectivity index (χ0n) is 14.6. The van der Waals surface area contributed by atoms with Crippen LogP contribution in [0.15, 0.2) is 59.0 Å². The van der Waals surface area contributed by atoms with Gasteiger partial charge in [0.15, 0.2) is 5.11 Å². The maximum absolute atomic E-state index is 12.0. The molecular weight excluding hydrogens is 455 g/mol. The Morgan fingerprint density at radius 3 is 2.45 bits per heavy atom. The number of phenolic OH excluding ortho intramolecular Hbond substituents is 1. The van der Waals surface area contributed by atoms with Crippen LogP contribution in [0.25, 0.3) is 17.4 Å². The first-order chi connectivity index (χ1) is 13.8. The lowest BCUT2D eigenvalue weighted by molar-refractivity contribution is -0.115. The minimum atomic E-state index is -0.479. The van der Waals surface area contributed by atoms with E-state index in [4.69, 9.17) is 51.4 Å². The summed E-state index contributed by atoms with van der Waals surface area (Å²) in [4.78, 5) is 12.0. The second-order valence-corrected chi connectivity index (χ2v) is 7.52. The number of hydrogen-bond acceptors (Lipinski definition) is 4. The van der Waals surface area contributed by atoms with Crippen LogP contribution >= 0.6 is 47.0 Å². The van der Waals surface area contributed by atoms with Gasteiger partial charge in [0, 0.05) is 26.7 Å². The third-order valence-corrected chi connectivity index (χ3v) is 4.49. The number of thiocarbonyl (C=S) groups is 1. The van der Waals surface area contributed by atoms with E-state index in [9.17, 15) is 9.90 Å². The van der Waals surface area contributed by atoms with Crippen molar-refractivity contribution in [2.75, 3.05) is 5.32 Å². The molecule has 3 N–H and O–H groups in total. The summed E-state index contributed by atoms with van der Waals surface area (Å²) in [5.41, 5.74) is 1.00. The largest absolute Gasteiger partial charge is 0.506 e. The Balaban J connectivity index is 1.61. The lowest BCUT2D eigenvalue weighted by Crippen LogP contribution is -2.32. The topological polar surface area (TPSA) is 74.5 Å². The zero-order chi connectivity index (χ0) is 21.0. The van der Waals surface area contributed by atoms with Gasteiger partial charge in [-0.15, -0.1) is 0 Å². The molecule has 3 rings (SSSR count). The molecule has 0 radical (unpaired) electrons. The number of benzene rings is 2. The summed E-state index contributed by atoms with van der Waals surface area (Å²) < 4.78 is 5.68. The van der Waals surface area contributed by atoms with Crippen LogP contribution in [0.5, 0.6) is 5.75 Å². The van der Waals surface area contributed by atoms with Gasteiger partial charge in [0.05, 0.1) is 5.69 Å². The van der Waals surface area contributed by atoms with Crippen LogP contribution in [0.2, 0.25) is 15.1 Å². The van der Waals surface area contributed by atoms with E-state index < -0.39 is 5.91 Å². The van der Waals surface area contributed by atoms with Crippen LogP contribution in [0.1, 0.15) is 5.76 Å². The van der Waals surface area contributed by atoms with Gasteiger partial charge < -0.3 is 14.8 Å². The van der Waals surface area contributed by atoms with Crippen molar-refractivity contribution >= 4 is 69.8 Å². The second-order valence-electron chi connectivity index (χ2n) is 5.80. The van der Waals surface area contributed by atoms with Crippen LogP contribution in [0.3, 0.4) is 0 Å². The number of phenols is 1. The molecule has 0 aliphatic heterocycles. The average molecular weight is 468 g/mol. The lowest BCUT2D eigenvalue weighted by Gasteiger charge is -2.09. The minimum absolute atomic E-state index is 0.00548. The summed E-state index contributed by atoms with van der Waals surface area (Å²) in [7, 11) is 0. The quantitative estimate of drug-likeness (QED) is 0.244. The molecule has 5 nitrogen and oxygen atoms in total. The number of nitrogens with one attached hydrogen (secondary N) is 2. The molecule has 2 aromatic carbocycles. The molecule has 1 aromatic heterocycles. The standard InChI is InChI=1S/C20H13Cl3N2O3S/c21-12-1-4-17(26)16(10-12)24-20(29)25-19(27)6-3-15-2-5-18(28-15)11-7-13(22)9-14(23)8-11/h1-10,26H,(H2,24,25,27,29)/b6-3+. The van der Waals surface area contributed by atoms with Crippen LogP contribution < -0.4 is 10.6 Å². The van der Waals surface area contributed by atoms with E-state index in [1.165, 1.54) is 30.4 Å². The summed E-state index contributed by atoms with van der Waals surface area (Å²) >= 11 is 22.9. The van der Waals surface area contributed by atoms with Gasteiger partial charge in [0.1, 0.15) is 17.3 Å². The van der Waals surface area contributed by atoms with Crippen molar-refractivity contribution < 1.29 is 14.3 Å². The number of carbonyl (C=O) groups excluding carboxylic acids is 1. The summed E-state index contributed by atoms with van der Waals surface area (Å²) in [6.45, 7) is 0. The molecule has 0 saturated carbocycles. The molecule has 1 amide bonds. The summed E-state index contributed by atoms with van der Waals surface area (Å²) in [5.74, 6) is 0.485. The van der Waals surface area contributed by atoms with Crippen molar-refractivity contribution in [3.05, 3.63) is 75.4 Å². The lowest BCUT2D eigenvalue weighted by atomic mass is 10.2. The van der Waals surface area contributed by atoms with Gasteiger partial charge in [-0.05, 0) is 66.8 Å². The Labute approximate surface area is 186 Å². The van der Waals surface area contributed by atoms with Gasteiger partial charge in [-0.1, -0.05) is 34.8 Å². The van der Waals surface area contributed by atoms with Gasteiger partial charge >= 0.3 is 0 Å². The molecule has 9 heteroatoms. The van der Waals surface area contributed by atoms with Crippen LogP contribution in [0.4, 0.5) is 5.69 Å². The molecule has 0 atom stereocenters. The van der Waals surface area contributed by atoms with Crippen LogP contribution in [-0.4, -0.2) is 16.1 Å². The predicted molar refractivity (Wildman–Crippen MR) is 121 cm³/mol. The van der Waals surface area contributed by atoms with E-state index in [1.54, 1.807) is 30.3 Å². The fourth-order valence-corrected chi connectivity index (χ4v) is 3.28. The fraction of sp³-hybridized carbons (Fsp3) is 0. The third kappa shape index (κ3) is 5.98. The van der Waals surface area contributed by atoms with E-state index in [0.29, 0.717) is 26.6 Å². The maximum atomic E-state index is 12.0. The average Bonchev–Trinajstić information content (AvgIpc) is 3.11. The highest BCUT2D eigenvalue weighted by Gasteiger charge is 2.08. The molecule has 0 aliphatic carbocycles. The smallest absolute Gasteiger partial charge is 0.250 e. The normalized spacial score (nSPS) is 10.9. The van der Waals surface area contributed by atoms with Crippen molar-refractivity contribution in [2.45, 2.75) is 0 Å². The van der Waals surface area contributed by atoms with E-state index in [2.05, 4.69) is 10.6 Å². The Morgan fingerprint density at radius 1 is 1.00 bits per heavy atom. The van der Waals surface area contributed by atoms with E-state index in [0.717, 1.165) is 5.56 Å². The molecule has 3 aromatic rings. The highest BCUT2D eigenvalue weighted by molar-refractivity contribution is 7.80. The highest BCUT2D eigenvalue weighted by Crippen LogP contribution is 2.29. The Kier molecular flexibility index (Phi) is 6.82. The monoisotopic (exact) mass is 466 g/mol. The van der Waals surface area contributed by atoms with E-state index in [1.807, 2.05) is 0 Å². The molecule has 0 fully saturated rings. The van der Waals surface area contributed by atoms with Crippen molar-refractivity contribution in [3.8, 4) is 17.1 Å². The minimum Gasteiger partial charge on any atom is -0.506 e. The number of anilines is 1. The first-order valence-electron chi connectivity index (χ1n) is 8.15. The fourth-order valence-electron chi connectivity index (χ4n) is 2.37. The number of hydrogen-bond donors (Lipinski definition) is 3. The summed E-state index contributed by atoms with van der Waals surface area (Å²) in [6, 6.07) is 12.9. The molecule has 0 aliphatic rings. The Morgan fingerprint density at radius 2 is 1.72 bits per heavy atom. The van der Waals surface area contributed by atoms with Crippen molar-refractivity contribution in [2.24, 2.45) is 0 Å². The second kappa shape index (κ2) is 9.33. The van der Waals surface area contributed by atoms with Gasteiger partial charge in [-0.25, -0.2) is 0 Å². The number of halogens is 3. The molecule has 0 saturated heterocycles. The van der Waals surface area contributed by atoms with Gasteiger partial charge in [-0.3, -0.25) is 10.1 Å². The Hall–Kier alpha value is -2.51. The molecule has 0 unspecified atom stereocenters. The third-order valence-electron chi connectivity index (χ3n) is 3.62. The zero-order valence-corrected chi connectivity index (χ0v) is 17.7. The summed E-state index contributed by atoms with van der Waals surface area (Å²) in [5, 5.41) is 16.3. The maximum Gasteiger partial charge on any atom is 0.250 e. The van der Waals surface area contributed by atoms with Crippen molar-refractivity contribution in [3.63, 3.8) is 0 Å². The van der Waals surface area contributed by atoms with E-state index >= 15 is 0 Å². The number of aromatic hydroxyl groups is 1. The number of furan rings is 1. The van der Waals surface area contributed by atoms with Crippen molar-refractivity contribution in [1.82, 2.24) is 5.32 Å². The first kappa shape index (κ1) is 21.2. The highest BCUT2D eigenvalue weighted by atomic mass is 35.5. The molecule has 0 bridgehead atoms.